The first-order valence-electron chi connectivity index (χ1n) is 4.96. The minimum atomic E-state index is 0.159. The number of rotatable bonds is 1. The lowest BCUT2D eigenvalue weighted by molar-refractivity contribution is 0.490. The van der Waals surface area contributed by atoms with Gasteiger partial charge in [-0.05, 0) is 29.4 Å². The quantitative estimate of drug-likeness (QED) is 0.684. The van der Waals surface area contributed by atoms with Crippen LogP contribution in [0, 0.1) is 0 Å². The third kappa shape index (κ3) is 2.02. The molecule has 0 aliphatic carbocycles. The first kappa shape index (κ1) is 10.6. The second kappa shape index (κ2) is 3.56. The summed E-state index contributed by atoms with van der Waals surface area (Å²) < 4.78 is 5.54. The Morgan fingerprint density at radius 3 is 2.60 bits per heavy atom. The molecule has 1 aromatic heterocycles. The van der Waals surface area contributed by atoms with Crippen molar-refractivity contribution in [2.24, 2.45) is 0 Å². The number of hydrogen-bond donors (Lipinski definition) is 0. The molecule has 3 heteroatoms. The van der Waals surface area contributed by atoms with Gasteiger partial charge in [0.1, 0.15) is 5.52 Å². The van der Waals surface area contributed by atoms with Gasteiger partial charge in [-0.3, -0.25) is 0 Å². The topological polar surface area (TPSA) is 26.0 Å². The van der Waals surface area contributed by atoms with Crippen molar-refractivity contribution in [1.82, 2.24) is 4.98 Å². The van der Waals surface area contributed by atoms with Crippen LogP contribution in [0.5, 0.6) is 0 Å². The molecular weight excluding hydrogens is 206 g/mol. The summed E-state index contributed by atoms with van der Waals surface area (Å²) >= 11 is 1.53. The Morgan fingerprint density at radius 2 is 2.00 bits per heavy atom. The molecule has 0 spiro atoms. The largest absolute Gasteiger partial charge is 0.431 e. The van der Waals surface area contributed by atoms with E-state index in [9.17, 15) is 0 Å². The Labute approximate surface area is 94.1 Å². The number of fused-ring (bicyclic) bond motifs is 1. The van der Waals surface area contributed by atoms with Crippen LogP contribution in [0.4, 0.5) is 0 Å². The zero-order valence-electron chi connectivity index (χ0n) is 9.50. The van der Waals surface area contributed by atoms with E-state index in [0.717, 1.165) is 16.3 Å². The average molecular weight is 221 g/mol. The molecule has 0 aliphatic rings. The van der Waals surface area contributed by atoms with E-state index >= 15 is 0 Å². The van der Waals surface area contributed by atoms with E-state index in [4.69, 9.17) is 4.42 Å². The smallest absolute Gasteiger partial charge is 0.256 e. The Kier molecular flexibility index (Phi) is 2.51. The van der Waals surface area contributed by atoms with Gasteiger partial charge < -0.3 is 4.42 Å². The predicted octanol–water partition coefficient (Wildman–Crippen LogP) is 3.85. The molecule has 0 atom stereocenters. The third-order valence-corrected chi connectivity index (χ3v) is 2.93. The van der Waals surface area contributed by atoms with E-state index in [-0.39, 0.29) is 5.41 Å². The van der Waals surface area contributed by atoms with E-state index < -0.39 is 0 Å². The van der Waals surface area contributed by atoms with Crippen LogP contribution in [0.2, 0.25) is 0 Å². The summed E-state index contributed by atoms with van der Waals surface area (Å²) in [5.74, 6) is 0. The maximum Gasteiger partial charge on any atom is 0.256 e. The molecule has 0 aliphatic heterocycles. The Morgan fingerprint density at radius 1 is 1.27 bits per heavy atom. The fourth-order valence-electron chi connectivity index (χ4n) is 1.46. The lowest BCUT2D eigenvalue weighted by Crippen LogP contribution is -2.10. The van der Waals surface area contributed by atoms with Gasteiger partial charge in [-0.1, -0.05) is 38.6 Å². The van der Waals surface area contributed by atoms with Crippen LogP contribution in [-0.4, -0.2) is 11.2 Å². The molecule has 0 saturated carbocycles. The third-order valence-electron chi connectivity index (χ3n) is 2.41. The predicted molar refractivity (Wildman–Crippen MR) is 64.5 cm³/mol. The second-order valence-electron chi connectivity index (χ2n) is 4.62. The molecule has 2 aromatic rings. The highest BCUT2D eigenvalue weighted by Gasteiger charge is 2.15. The minimum Gasteiger partial charge on any atom is -0.431 e. The molecular formula is C12H15NOS. The van der Waals surface area contributed by atoms with Crippen molar-refractivity contribution in [3.8, 4) is 0 Å². The van der Waals surface area contributed by atoms with Gasteiger partial charge >= 0.3 is 0 Å². The molecule has 1 aromatic carbocycles. The highest BCUT2D eigenvalue weighted by molar-refractivity contribution is 7.98. The fraction of sp³-hybridized carbons (Fsp3) is 0.417. The molecule has 0 fully saturated rings. The van der Waals surface area contributed by atoms with Gasteiger partial charge in [-0.25, -0.2) is 4.98 Å². The zero-order valence-corrected chi connectivity index (χ0v) is 10.3. The normalized spacial score (nSPS) is 12.3. The summed E-state index contributed by atoms with van der Waals surface area (Å²) in [6.07, 6.45) is 1.97. The van der Waals surface area contributed by atoms with Crippen LogP contribution < -0.4 is 0 Å². The Hall–Kier alpha value is -0.960. The van der Waals surface area contributed by atoms with E-state index in [0.29, 0.717) is 0 Å². The summed E-state index contributed by atoms with van der Waals surface area (Å²) in [5.41, 5.74) is 3.27. The SMILES string of the molecule is CSc1nc2cc(C(C)(C)C)ccc2o1. The molecule has 2 nitrogen and oxygen atoms in total. The number of thioether (sulfide) groups is 1. The molecule has 0 N–H and O–H groups in total. The van der Waals surface area contributed by atoms with Crippen molar-refractivity contribution >= 4 is 22.9 Å². The highest BCUT2D eigenvalue weighted by atomic mass is 32.2. The van der Waals surface area contributed by atoms with Gasteiger partial charge in [-0.2, -0.15) is 0 Å². The standard InChI is InChI=1S/C12H15NOS/c1-12(2,3)8-5-6-10-9(7-8)13-11(14-10)15-4/h5-7H,1-4H3. The van der Waals surface area contributed by atoms with Crippen LogP contribution in [0.15, 0.2) is 27.8 Å². The lowest BCUT2D eigenvalue weighted by Gasteiger charge is -2.18. The zero-order chi connectivity index (χ0) is 11.1. The van der Waals surface area contributed by atoms with Crippen molar-refractivity contribution in [3.63, 3.8) is 0 Å². The molecule has 0 amide bonds. The van der Waals surface area contributed by atoms with Gasteiger partial charge in [0.05, 0.1) is 0 Å². The van der Waals surface area contributed by atoms with Crippen molar-refractivity contribution < 1.29 is 4.42 Å². The summed E-state index contributed by atoms with van der Waals surface area (Å²) in [6.45, 7) is 6.59. The molecule has 0 radical (unpaired) electrons. The van der Waals surface area contributed by atoms with Crippen molar-refractivity contribution in [1.29, 1.82) is 0 Å². The monoisotopic (exact) mass is 221 g/mol. The van der Waals surface area contributed by atoms with Gasteiger partial charge in [0.25, 0.3) is 5.22 Å². The van der Waals surface area contributed by atoms with Crippen molar-refractivity contribution in [2.75, 3.05) is 6.26 Å². The van der Waals surface area contributed by atoms with E-state index in [1.54, 1.807) is 0 Å². The molecule has 80 valence electrons. The van der Waals surface area contributed by atoms with Crippen LogP contribution in [-0.2, 0) is 5.41 Å². The number of aromatic nitrogens is 1. The molecule has 0 bridgehead atoms. The molecule has 2 rings (SSSR count). The Balaban J connectivity index is 2.55. The van der Waals surface area contributed by atoms with Crippen LogP contribution in [0.1, 0.15) is 26.3 Å². The minimum absolute atomic E-state index is 0.159. The number of benzene rings is 1. The lowest BCUT2D eigenvalue weighted by atomic mass is 9.87. The highest BCUT2D eigenvalue weighted by Crippen LogP contribution is 2.27. The second-order valence-corrected chi connectivity index (χ2v) is 5.37. The van der Waals surface area contributed by atoms with Crippen molar-refractivity contribution in [3.05, 3.63) is 23.8 Å². The van der Waals surface area contributed by atoms with Gasteiger partial charge in [0.2, 0.25) is 0 Å². The summed E-state index contributed by atoms with van der Waals surface area (Å²) in [7, 11) is 0. The Bertz CT molecular complexity index is 482. The van der Waals surface area contributed by atoms with Gasteiger partial charge in [-0.15, -0.1) is 0 Å². The van der Waals surface area contributed by atoms with E-state index in [1.165, 1.54) is 17.3 Å². The number of oxazole rings is 1. The molecule has 0 saturated heterocycles. The van der Waals surface area contributed by atoms with E-state index in [2.05, 4.69) is 37.9 Å². The summed E-state index contributed by atoms with van der Waals surface area (Å²) in [6, 6.07) is 6.22. The first-order valence-corrected chi connectivity index (χ1v) is 6.18. The van der Waals surface area contributed by atoms with E-state index in [1.807, 2.05) is 12.3 Å². The summed E-state index contributed by atoms with van der Waals surface area (Å²) in [4.78, 5) is 4.40. The maximum atomic E-state index is 5.54. The van der Waals surface area contributed by atoms with Gasteiger partial charge in [0.15, 0.2) is 5.58 Å². The summed E-state index contributed by atoms with van der Waals surface area (Å²) in [5, 5.41) is 0.732. The maximum absolute atomic E-state index is 5.54. The first-order chi connectivity index (χ1) is 7.00. The van der Waals surface area contributed by atoms with Crippen LogP contribution in [0.25, 0.3) is 11.1 Å². The number of hydrogen-bond acceptors (Lipinski definition) is 3. The fourth-order valence-corrected chi connectivity index (χ4v) is 1.82. The number of nitrogens with zero attached hydrogens (tertiary/aromatic N) is 1. The van der Waals surface area contributed by atoms with Gasteiger partial charge in [0, 0.05) is 0 Å². The molecule has 15 heavy (non-hydrogen) atoms. The average Bonchev–Trinajstić information content (AvgIpc) is 2.57. The molecule has 1 heterocycles. The molecule has 0 unspecified atom stereocenters. The van der Waals surface area contributed by atoms with Crippen LogP contribution >= 0.6 is 11.8 Å². The van der Waals surface area contributed by atoms with Crippen LogP contribution in [0.3, 0.4) is 0 Å². The van der Waals surface area contributed by atoms with Crippen molar-refractivity contribution in [2.45, 2.75) is 31.4 Å².